The average Bonchev–Trinajstić information content (AvgIpc) is 3.09. The Labute approximate surface area is 157 Å². The van der Waals surface area contributed by atoms with Crippen LogP contribution in [0.4, 0.5) is 5.69 Å². The second-order valence-corrected chi connectivity index (χ2v) is 7.55. The van der Waals surface area contributed by atoms with Gasteiger partial charge in [0.15, 0.2) is 0 Å². The maximum atomic E-state index is 6.03. The molecule has 3 heteroatoms. The highest BCUT2D eigenvalue weighted by molar-refractivity contribution is 5.60. The summed E-state index contributed by atoms with van der Waals surface area (Å²) in [6.45, 7) is 6.64. The van der Waals surface area contributed by atoms with Crippen LogP contribution in [-0.4, -0.2) is 37.7 Å². The Bertz CT molecular complexity index is 695. The molecule has 0 atom stereocenters. The van der Waals surface area contributed by atoms with E-state index in [2.05, 4.69) is 58.3 Å². The van der Waals surface area contributed by atoms with Gasteiger partial charge in [0.05, 0.1) is 6.61 Å². The summed E-state index contributed by atoms with van der Waals surface area (Å²) >= 11 is 0. The zero-order valence-corrected chi connectivity index (χ0v) is 15.7. The molecular weight excluding hydrogens is 320 g/mol. The van der Waals surface area contributed by atoms with Gasteiger partial charge in [0.1, 0.15) is 5.75 Å². The lowest BCUT2D eigenvalue weighted by atomic mass is 10.1. The van der Waals surface area contributed by atoms with Crippen molar-refractivity contribution in [2.45, 2.75) is 38.6 Å². The average molecular weight is 351 g/mol. The number of hydrogen-bond donors (Lipinski definition) is 0. The SMILES string of the molecule is c1ccc(CN2CCc3cc(OCCCN4CCCCC4)ccc32)cc1. The number of benzene rings is 2. The fourth-order valence-electron chi connectivity index (χ4n) is 4.17. The van der Waals surface area contributed by atoms with Gasteiger partial charge in [-0.3, -0.25) is 0 Å². The largest absolute Gasteiger partial charge is 0.494 e. The lowest BCUT2D eigenvalue weighted by molar-refractivity contribution is 0.205. The summed E-state index contributed by atoms with van der Waals surface area (Å²) < 4.78 is 6.03. The number of fused-ring (bicyclic) bond motifs is 1. The van der Waals surface area contributed by atoms with E-state index in [0.29, 0.717) is 0 Å². The zero-order chi connectivity index (χ0) is 17.6. The Morgan fingerprint density at radius 2 is 1.73 bits per heavy atom. The molecule has 26 heavy (non-hydrogen) atoms. The molecule has 2 aromatic carbocycles. The van der Waals surface area contributed by atoms with Crippen LogP contribution in [-0.2, 0) is 13.0 Å². The molecule has 1 saturated heterocycles. The number of rotatable bonds is 7. The molecular formula is C23H30N2O. The van der Waals surface area contributed by atoms with Gasteiger partial charge >= 0.3 is 0 Å². The second-order valence-electron chi connectivity index (χ2n) is 7.55. The Balaban J connectivity index is 1.27. The summed E-state index contributed by atoms with van der Waals surface area (Å²) in [6.07, 6.45) is 6.38. The molecule has 2 aliphatic heterocycles. The normalized spacial score (nSPS) is 17.3. The predicted molar refractivity (Wildman–Crippen MR) is 108 cm³/mol. The highest BCUT2D eigenvalue weighted by Crippen LogP contribution is 2.32. The molecule has 0 saturated carbocycles. The Morgan fingerprint density at radius 1 is 0.885 bits per heavy atom. The van der Waals surface area contributed by atoms with E-state index < -0.39 is 0 Å². The minimum absolute atomic E-state index is 0.822. The summed E-state index contributed by atoms with van der Waals surface area (Å²) in [7, 11) is 0. The number of hydrogen-bond acceptors (Lipinski definition) is 3. The van der Waals surface area contributed by atoms with Gasteiger partial charge in [-0.1, -0.05) is 36.8 Å². The van der Waals surface area contributed by atoms with E-state index in [1.165, 1.54) is 55.7 Å². The van der Waals surface area contributed by atoms with Crippen molar-refractivity contribution in [1.82, 2.24) is 4.90 Å². The first-order valence-corrected chi connectivity index (χ1v) is 10.2. The molecule has 0 N–H and O–H groups in total. The van der Waals surface area contributed by atoms with E-state index in [4.69, 9.17) is 4.74 Å². The quantitative estimate of drug-likeness (QED) is 0.684. The first-order valence-electron chi connectivity index (χ1n) is 10.2. The van der Waals surface area contributed by atoms with Gasteiger partial charge in [0.25, 0.3) is 0 Å². The van der Waals surface area contributed by atoms with Crippen LogP contribution in [0.1, 0.15) is 36.8 Å². The first kappa shape index (κ1) is 17.4. The summed E-state index contributed by atoms with van der Waals surface area (Å²) in [5.74, 6) is 1.03. The molecule has 0 aromatic heterocycles. The molecule has 0 bridgehead atoms. The molecule has 0 amide bonds. The van der Waals surface area contributed by atoms with Gasteiger partial charge in [-0.25, -0.2) is 0 Å². The fourth-order valence-corrected chi connectivity index (χ4v) is 4.17. The Kier molecular flexibility index (Phi) is 5.75. The van der Waals surface area contributed by atoms with Crippen molar-refractivity contribution in [1.29, 1.82) is 0 Å². The van der Waals surface area contributed by atoms with Gasteiger partial charge in [-0.15, -0.1) is 0 Å². The van der Waals surface area contributed by atoms with E-state index >= 15 is 0 Å². The minimum Gasteiger partial charge on any atom is -0.494 e. The monoisotopic (exact) mass is 350 g/mol. The van der Waals surface area contributed by atoms with E-state index in [1.54, 1.807) is 0 Å². The van der Waals surface area contributed by atoms with Crippen molar-refractivity contribution in [3.63, 3.8) is 0 Å². The first-order chi connectivity index (χ1) is 12.9. The lowest BCUT2D eigenvalue weighted by Gasteiger charge is -2.26. The van der Waals surface area contributed by atoms with Gasteiger partial charge in [-0.2, -0.15) is 0 Å². The van der Waals surface area contributed by atoms with Crippen molar-refractivity contribution < 1.29 is 4.74 Å². The molecule has 4 rings (SSSR count). The minimum atomic E-state index is 0.822. The van der Waals surface area contributed by atoms with Gasteiger partial charge in [0.2, 0.25) is 0 Å². The number of anilines is 1. The molecule has 2 aromatic rings. The molecule has 1 fully saturated rings. The van der Waals surface area contributed by atoms with Crippen LogP contribution in [0.5, 0.6) is 5.75 Å². The van der Waals surface area contributed by atoms with E-state index in [-0.39, 0.29) is 0 Å². The Morgan fingerprint density at radius 3 is 2.58 bits per heavy atom. The maximum absolute atomic E-state index is 6.03. The summed E-state index contributed by atoms with van der Waals surface area (Å²) in [5, 5.41) is 0. The lowest BCUT2D eigenvalue weighted by Crippen LogP contribution is -2.31. The topological polar surface area (TPSA) is 15.7 Å². The van der Waals surface area contributed by atoms with Crippen molar-refractivity contribution in [3.05, 3.63) is 59.7 Å². The van der Waals surface area contributed by atoms with Crippen molar-refractivity contribution in [2.24, 2.45) is 0 Å². The Hall–Kier alpha value is -2.00. The third-order valence-corrected chi connectivity index (χ3v) is 5.60. The maximum Gasteiger partial charge on any atom is 0.119 e. The number of piperidine rings is 1. The van der Waals surface area contributed by atoms with Crippen LogP contribution in [0.25, 0.3) is 0 Å². The van der Waals surface area contributed by atoms with Crippen LogP contribution in [0.2, 0.25) is 0 Å². The van der Waals surface area contributed by atoms with Crippen LogP contribution in [0.15, 0.2) is 48.5 Å². The molecule has 2 heterocycles. The number of ether oxygens (including phenoxy) is 1. The van der Waals surface area contributed by atoms with Crippen molar-refractivity contribution in [2.75, 3.05) is 37.7 Å². The molecule has 2 aliphatic rings. The number of nitrogens with zero attached hydrogens (tertiary/aromatic N) is 2. The van der Waals surface area contributed by atoms with E-state index in [1.807, 2.05) is 0 Å². The van der Waals surface area contributed by atoms with Gasteiger partial charge < -0.3 is 14.5 Å². The van der Waals surface area contributed by atoms with Crippen LogP contribution >= 0.6 is 0 Å². The molecule has 0 unspecified atom stereocenters. The molecule has 0 radical (unpaired) electrons. The van der Waals surface area contributed by atoms with Gasteiger partial charge in [0, 0.05) is 25.3 Å². The predicted octanol–water partition coefficient (Wildman–Crippen LogP) is 4.50. The van der Waals surface area contributed by atoms with E-state index in [0.717, 1.165) is 38.3 Å². The van der Waals surface area contributed by atoms with Crippen LogP contribution in [0, 0.1) is 0 Å². The second kappa shape index (κ2) is 8.59. The summed E-state index contributed by atoms with van der Waals surface area (Å²) in [5.41, 5.74) is 4.17. The standard InChI is InChI=1S/C23H30N2O/c1-3-8-20(9-4-1)19-25-16-12-21-18-22(10-11-23(21)25)26-17-7-15-24-13-5-2-6-14-24/h1,3-4,8-11,18H,2,5-7,12-17,19H2. The van der Waals surface area contributed by atoms with Crippen molar-refractivity contribution >= 4 is 5.69 Å². The molecule has 0 spiro atoms. The molecule has 138 valence electrons. The molecule has 3 nitrogen and oxygen atoms in total. The highest BCUT2D eigenvalue weighted by atomic mass is 16.5. The fraction of sp³-hybridized carbons (Fsp3) is 0.478. The zero-order valence-electron chi connectivity index (χ0n) is 15.7. The van der Waals surface area contributed by atoms with Crippen LogP contribution in [0.3, 0.4) is 0 Å². The highest BCUT2D eigenvalue weighted by Gasteiger charge is 2.19. The number of likely N-dealkylation sites (tertiary alicyclic amines) is 1. The third kappa shape index (κ3) is 4.39. The van der Waals surface area contributed by atoms with Crippen LogP contribution < -0.4 is 9.64 Å². The summed E-state index contributed by atoms with van der Waals surface area (Å²) in [6, 6.07) is 17.4. The molecule has 0 aliphatic carbocycles. The smallest absolute Gasteiger partial charge is 0.119 e. The van der Waals surface area contributed by atoms with E-state index in [9.17, 15) is 0 Å². The van der Waals surface area contributed by atoms with Crippen molar-refractivity contribution in [3.8, 4) is 5.75 Å². The van der Waals surface area contributed by atoms with Gasteiger partial charge in [-0.05, 0) is 68.1 Å². The summed E-state index contributed by atoms with van der Waals surface area (Å²) in [4.78, 5) is 5.06. The third-order valence-electron chi connectivity index (χ3n) is 5.60.